The smallest absolute Gasteiger partial charge is 0.278 e. The molecule has 0 N–H and O–H groups in total. The Balaban J connectivity index is 1.38. The maximum Gasteiger partial charge on any atom is 0.278 e. The van der Waals surface area contributed by atoms with E-state index in [1.165, 1.54) is 24.2 Å². The SMILES string of the molecule is COc1nccnc1OC1CCCN(C(=O)CCn2cnc3ccccc3c2=O)C1. The van der Waals surface area contributed by atoms with Gasteiger partial charge in [-0.25, -0.2) is 15.0 Å². The van der Waals surface area contributed by atoms with E-state index in [1.54, 1.807) is 29.3 Å². The molecule has 156 valence electrons. The molecule has 30 heavy (non-hydrogen) atoms. The van der Waals surface area contributed by atoms with Gasteiger partial charge in [-0.3, -0.25) is 14.2 Å². The van der Waals surface area contributed by atoms with E-state index in [9.17, 15) is 9.59 Å². The summed E-state index contributed by atoms with van der Waals surface area (Å²) >= 11 is 0. The summed E-state index contributed by atoms with van der Waals surface area (Å²) in [7, 11) is 1.51. The number of aromatic nitrogens is 4. The summed E-state index contributed by atoms with van der Waals surface area (Å²) in [5.41, 5.74) is 0.517. The van der Waals surface area contributed by atoms with E-state index < -0.39 is 0 Å². The Morgan fingerprint density at radius 1 is 1.17 bits per heavy atom. The summed E-state index contributed by atoms with van der Waals surface area (Å²) < 4.78 is 12.6. The van der Waals surface area contributed by atoms with Gasteiger partial charge in [-0.15, -0.1) is 0 Å². The van der Waals surface area contributed by atoms with E-state index in [0.29, 0.717) is 35.8 Å². The van der Waals surface area contributed by atoms with Gasteiger partial charge in [-0.1, -0.05) is 12.1 Å². The number of fused-ring (bicyclic) bond motifs is 1. The molecule has 1 atom stereocenters. The highest BCUT2D eigenvalue weighted by Gasteiger charge is 2.26. The molecular formula is C21H23N5O4. The number of methoxy groups -OCH3 is 1. The lowest BCUT2D eigenvalue weighted by molar-refractivity contribution is -0.134. The average molecular weight is 409 g/mol. The Morgan fingerprint density at radius 3 is 2.80 bits per heavy atom. The summed E-state index contributed by atoms with van der Waals surface area (Å²) in [6.07, 6.45) is 6.26. The van der Waals surface area contributed by atoms with Gasteiger partial charge in [-0.2, -0.15) is 0 Å². The number of piperidine rings is 1. The molecule has 0 radical (unpaired) electrons. The summed E-state index contributed by atoms with van der Waals surface area (Å²) in [6, 6.07) is 7.19. The highest BCUT2D eigenvalue weighted by molar-refractivity contribution is 5.77. The van der Waals surface area contributed by atoms with Crippen molar-refractivity contribution in [2.24, 2.45) is 0 Å². The standard InChI is InChI=1S/C21H23N5O4/c1-29-19-20(23-10-9-22-19)30-15-5-4-11-25(13-15)18(27)8-12-26-14-24-17-7-3-2-6-16(17)21(26)28/h2-3,6-7,9-10,14-15H,4-5,8,11-13H2,1H3. The van der Waals surface area contributed by atoms with E-state index in [0.717, 1.165) is 12.8 Å². The van der Waals surface area contributed by atoms with Gasteiger partial charge < -0.3 is 14.4 Å². The summed E-state index contributed by atoms with van der Waals surface area (Å²) in [5.74, 6) is 0.631. The van der Waals surface area contributed by atoms with Crippen molar-refractivity contribution < 1.29 is 14.3 Å². The number of rotatable bonds is 6. The van der Waals surface area contributed by atoms with Crippen LogP contribution >= 0.6 is 0 Å². The molecule has 0 bridgehead atoms. The average Bonchev–Trinajstić information content (AvgIpc) is 2.79. The Bertz CT molecular complexity index is 1100. The Labute approximate surface area is 173 Å². The molecule has 1 aromatic carbocycles. The van der Waals surface area contributed by atoms with Crippen molar-refractivity contribution in [2.45, 2.75) is 31.9 Å². The van der Waals surface area contributed by atoms with E-state index >= 15 is 0 Å². The number of benzene rings is 1. The van der Waals surface area contributed by atoms with Gasteiger partial charge >= 0.3 is 0 Å². The Kier molecular flexibility index (Phi) is 5.87. The van der Waals surface area contributed by atoms with Crippen molar-refractivity contribution in [3.8, 4) is 11.8 Å². The number of para-hydroxylation sites is 1. The molecule has 1 aliphatic heterocycles. The minimum atomic E-state index is -0.182. The zero-order chi connectivity index (χ0) is 20.9. The molecule has 1 unspecified atom stereocenters. The number of nitrogens with zero attached hydrogens (tertiary/aromatic N) is 5. The zero-order valence-corrected chi connectivity index (χ0v) is 16.7. The van der Waals surface area contributed by atoms with Crippen molar-refractivity contribution >= 4 is 16.8 Å². The number of hydrogen-bond donors (Lipinski definition) is 0. The molecule has 1 saturated heterocycles. The molecule has 3 heterocycles. The van der Waals surface area contributed by atoms with Crippen LogP contribution in [0, 0.1) is 0 Å². The van der Waals surface area contributed by atoms with Gasteiger partial charge in [0.2, 0.25) is 5.91 Å². The highest BCUT2D eigenvalue weighted by atomic mass is 16.5. The molecule has 1 fully saturated rings. The predicted molar refractivity (Wildman–Crippen MR) is 109 cm³/mol. The van der Waals surface area contributed by atoms with Crippen LogP contribution in [-0.2, 0) is 11.3 Å². The van der Waals surface area contributed by atoms with E-state index in [-0.39, 0.29) is 30.5 Å². The molecule has 9 nitrogen and oxygen atoms in total. The van der Waals surface area contributed by atoms with Gasteiger partial charge in [0, 0.05) is 31.9 Å². The number of carbonyl (C=O) groups excluding carboxylic acids is 1. The van der Waals surface area contributed by atoms with Crippen molar-refractivity contribution in [3.05, 3.63) is 53.3 Å². The van der Waals surface area contributed by atoms with Crippen LogP contribution in [0.1, 0.15) is 19.3 Å². The van der Waals surface area contributed by atoms with E-state index in [1.807, 2.05) is 6.07 Å². The third-order valence-electron chi connectivity index (χ3n) is 5.13. The first-order valence-electron chi connectivity index (χ1n) is 9.89. The number of aryl methyl sites for hydroxylation is 1. The third kappa shape index (κ3) is 4.24. The van der Waals surface area contributed by atoms with E-state index in [4.69, 9.17) is 9.47 Å². The van der Waals surface area contributed by atoms with Crippen LogP contribution < -0.4 is 15.0 Å². The van der Waals surface area contributed by atoms with Gasteiger partial charge in [0.25, 0.3) is 17.3 Å². The number of likely N-dealkylation sites (tertiary alicyclic amines) is 1. The lowest BCUT2D eigenvalue weighted by atomic mass is 10.1. The second-order valence-corrected chi connectivity index (χ2v) is 7.10. The Hall–Kier alpha value is -3.49. The van der Waals surface area contributed by atoms with Crippen molar-refractivity contribution in [1.29, 1.82) is 0 Å². The second-order valence-electron chi connectivity index (χ2n) is 7.10. The third-order valence-corrected chi connectivity index (χ3v) is 5.13. The largest absolute Gasteiger partial charge is 0.477 e. The number of hydrogen-bond acceptors (Lipinski definition) is 7. The minimum absolute atomic E-state index is 0.0190. The predicted octanol–water partition coefficient (Wildman–Crippen LogP) is 1.66. The lowest BCUT2D eigenvalue weighted by Gasteiger charge is -2.32. The molecule has 3 aromatic rings. The first-order valence-corrected chi connectivity index (χ1v) is 9.89. The molecule has 0 saturated carbocycles. The van der Waals surface area contributed by atoms with Crippen LogP contribution in [0.2, 0.25) is 0 Å². The number of carbonyl (C=O) groups is 1. The molecule has 0 spiro atoms. The molecule has 1 amide bonds. The van der Waals surface area contributed by atoms with Gasteiger partial charge in [-0.05, 0) is 25.0 Å². The molecule has 0 aliphatic carbocycles. The van der Waals surface area contributed by atoms with Gasteiger partial charge in [0.1, 0.15) is 6.10 Å². The second kappa shape index (κ2) is 8.89. The maximum absolute atomic E-state index is 12.7. The maximum atomic E-state index is 12.7. The molecule has 2 aromatic heterocycles. The summed E-state index contributed by atoms with van der Waals surface area (Å²) in [6.45, 7) is 1.42. The first kappa shape index (κ1) is 19.8. The van der Waals surface area contributed by atoms with Crippen molar-refractivity contribution in [1.82, 2.24) is 24.4 Å². The van der Waals surface area contributed by atoms with Crippen LogP contribution in [-0.4, -0.2) is 56.6 Å². The molecule has 1 aliphatic rings. The topological polar surface area (TPSA) is 99.4 Å². The van der Waals surface area contributed by atoms with Crippen LogP contribution in [0.15, 0.2) is 47.8 Å². The fourth-order valence-corrected chi connectivity index (χ4v) is 3.59. The zero-order valence-electron chi connectivity index (χ0n) is 16.7. The summed E-state index contributed by atoms with van der Waals surface area (Å²) in [5, 5.41) is 0.553. The molecule has 4 rings (SSSR count). The van der Waals surface area contributed by atoms with Gasteiger partial charge in [0.05, 0.1) is 30.9 Å². The Morgan fingerprint density at radius 2 is 1.97 bits per heavy atom. The van der Waals surface area contributed by atoms with Gasteiger partial charge in [0.15, 0.2) is 0 Å². The van der Waals surface area contributed by atoms with Crippen LogP contribution in [0.25, 0.3) is 10.9 Å². The minimum Gasteiger partial charge on any atom is -0.477 e. The summed E-state index contributed by atoms with van der Waals surface area (Å²) in [4.78, 5) is 39.7. The van der Waals surface area contributed by atoms with Crippen LogP contribution in [0.4, 0.5) is 0 Å². The van der Waals surface area contributed by atoms with Crippen LogP contribution in [0.3, 0.4) is 0 Å². The van der Waals surface area contributed by atoms with E-state index in [2.05, 4.69) is 15.0 Å². The van der Waals surface area contributed by atoms with Crippen molar-refractivity contribution in [2.75, 3.05) is 20.2 Å². The quantitative estimate of drug-likeness (QED) is 0.610. The number of ether oxygens (including phenoxy) is 2. The first-order chi connectivity index (χ1) is 14.7. The normalized spacial score (nSPS) is 16.4. The monoisotopic (exact) mass is 409 g/mol. The number of amides is 1. The fraction of sp³-hybridized carbons (Fsp3) is 0.381. The fourth-order valence-electron chi connectivity index (χ4n) is 3.59. The van der Waals surface area contributed by atoms with Crippen molar-refractivity contribution in [3.63, 3.8) is 0 Å². The molecular weight excluding hydrogens is 386 g/mol. The lowest BCUT2D eigenvalue weighted by Crippen LogP contribution is -2.44. The highest BCUT2D eigenvalue weighted by Crippen LogP contribution is 2.24. The molecule has 9 heteroatoms. The van der Waals surface area contributed by atoms with Crippen LogP contribution in [0.5, 0.6) is 11.8 Å².